The molecule has 1 aliphatic rings. The Morgan fingerprint density at radius 3 is 2.00 bits per heavy atom. The van der Waals surface area contributed by atoms with Crippen molar-refractivity contribution in [3.63, 3.8) is 0 Å². The molecule has 0 radical (unpaired) electrons. The highest BCUT2D eigenvalue weighted by Gasteiger charge is 2.44. The third-order valence-corrected chi connectivity index (χ3v) is 7.10. The summed E-state index contributed by atoms with van der Waals surface area (Å²) in [5.41, 5.74) is 2.91. The lowest BCUT2D eigenvalue weighted by Gasteiger charge is -2.44. The Balaban J connectivity index is 2.17. The smallest absolute Gasteiger partial charge is 0.0775 e. The van der Waals surface area contributed by atoms with Crippen LogP contribution in [-0.4, -0.2) is 17.3 Å². The van der Waals surface area contributed by atoms with Crippen LogP contribution in [0.3, 0.4) is 0 Å². The Morgan fingerprint density at radius 2 is 1.50 bits per heavy atom. The van der Waals surface area contributed by atoms with Crippen LogP contribution in [0.15, 0.2) is 60.7 Å². The molecule has 0 aromatic heterocycles. The minimum atomic E-state index is 0.111. The Bertz CT molecular complexity index is 496. The Morgan fingerprint density at radius 1 is 0.950 bits per heavy atom. The predicted molar refractivity (Wildman–Crippen MR) is 92.7 cm³/mol. The summed E-state index contributed by atoms with van der Waals surface area (Å²) >= 11 is 4.15. The van der Waals surface area contributed by atoms with Gasteiger partial charge in [-0.3, -0.25) is 0 Å². The highest BCUT2D eigenvalue weighted by Crippen LogP contribution is 2.53. The topological polar surface area (TPSA) is 0 Å². The molecule has 2 aromatic rings. The van der Waals surface area contributed by atoms with Crippen LogP contribution >= 0.6 is 23.5 Å². The minimum Gasteiger partial charge on any atom is -0.160 e. The van der Waals surface area contributed by atoms with E-state index in [-0.39, 0.29) is 4.75 Å². The van der Waals surface area contributed by atoms with E-state index >= 15 is 0 Å². The van der Waals surface area contributed by atoms with Crippen molar-refractivity contribution in [3.05, 3.63) is 71.8 Å². The van der Waals surface area contributed by atoms with Crippen LogP contribution < -0.4 is 0 Å². The van der Waals surface area contributed by atoms with Crippen LogP contribution in [-0.2, 0) is 4.75 Å². The molecule has 1 fully saturated rings. The van der Waals surface area contributed by atoms with E-state index in [9.17, 15) is 0 Å². The molecule has 2 aromatic carbocycles. The Kier molecular flexibility index (Phi) is 4.42. The van der Waals surface area contributed by atoms with E-state index in [1.54, 1.807) is 0 Å². The van der Waals surface area contributed by atoms with E-state index in [2.05, 4.69) is 78.7 Å². The van der Waals surface area contributed by atoms with Gasteiger partial charge in [-0.2, -0.15) is 11.8 Å². The van der Waals surface area contributed by atoms with Gasteiger partial charge in [0.15, 0.2) is 0 Å². The molecule has 1 heterocycles. The zero-order valence-corrected chi connectivity index (χ0v) is 13.4. The Labute approximate surface area is 130 Å². The van der Waals surface area contributed by atoms with Gasteiger partial charge < -0.3 is 0 Å². The maximum absolute atomic E-state index is 2.30. The first-order valence-corrected chi connectivity index (χ1v) is 9.43. The average molecular weight is 300 g/mol. The maximum Gasteiger partial charge on any atom is 0.0775 e. The second-order valence-electron chi connectivity index (χ2n) is 5.18. The first-order chi connectivity index (χ1) is 9.88. The molecule has 0 N–H and O–H groups in total. The van der Waals surface area contributed by atoms with Crippen LogP contribution in [0.5, 0.6) is 0 Å². The molecular formula is C18H20S2. The average Bonchev–Trinajstić information content (AvgIpc) is 2.56. The van der Waals surface area contributed by atoms with Gasteiger partial charge in [-0.1, -0.05) is 60.7 Å². The number of hydrogen-bond acceptors (Lipinski definition) is 2. The summed E-state index contributed by atoms with van der Waals surface area (Å²) in [6, 6.07) is 22.1. The van der Waals surface area contributed by atoms with Gasteiger partial charge in [0.1, 0.15) is 0 Å². The van der Waals surface area contributed by atoms with Gasteiger partial charge in [0.25, 0.3) is 0 Å². The molecule has 1 atom stereocenters. The molecule has 2 heteroatoms. The van der Waals surface area contributed by atoms with Gasteiger partial charge in [-0.15, -0.1) is 11.8 Å². The van der Waals surface area contributed by atoms with Gasteiger partial charge in [0.05, 0.1) is 4.75 Å². The van der Waals surface area contributed by atoms with Gasteiger partial charge in [-0.25, -0.2) is 0 Å². The quantitative estimate of drug-likeness (QED) is 0.765. The van der Waals surface area contributed by atoms with Crippen LogP contribution in [0.1, 0.15) is 24.0 Å². The maximum atomic E-state index is 2.30. The van der Waals surface area contributed by atoms with Crippen LogP contribution in [0.25, 0.3) is 0 Å². The van der Waals surface area contributed by atoms with Crippen molar-refractivity contribution in [3.8, 4) is 0 Å². The zero-order chi connectivity index (χ0) is 13.8. The number of thioether (sulfide) groups is 2. The number of benzene rings is 2. The zero-order valence-electron chi connectivity index (χ0n) is 11.8. The van der Waals surface area contributed by atoms with Crippen LogP contribution in [0.2, 0.25) is 0 Å². The molecule has 0 saturated carbocycles. The summed E-state index contributed by atoms with van der Waals surface area (Å²) in [6.45, 7) is 0. The normalized spacial score (nSPS) is 21.6. The van der Waals surface area contributed by atoms with E-state index in [1.807, 2.05) is 11.8 Å². The van der Waals surface area contributed by atoms with E-state index in [4.69, 9.17) is 0 Å². The largest absolute Gasteiger partial charge is 0.160 e. The van der Waals surface area contributed by atoms with Crippen molar-refractivity contribution in [2.45, 2.75) is 22.8 Å². The lowest BCUT2D eigenvalue weighted by atomic mass is 9.85. The Hall–Kier alpha value is -0.860. The fraction of sp³-hybridized carbons (Fsp3) is 0.333. The van der Waals surface area contributed by atoms with E-state index in [0.29, 0.717) is 5.25 Å². The van der Waals surface area contributed by atoms with Crippen molar-refractivity contribution in [1.29, 1.82) is 0 Å². The number of rotatable bonds is 3. The van der Waals surface area contributed by atoms with Crippen molar-refractivity contribution in [2.75, 3.05) is 12.0 Å². The van der Waals surface area contributed by atoms with E-state index in [0.717, 1.165) is 0 Å². The molecule has 0 nitrogen and oxygen atoms in total. The summed E-state index contributed by atoms with van der Waals surface area (Å²) in [7, 11) is 0. The summed E-state index contributed by atoms with van der Waals surface area (Å²) in [6.07, 6.45) is 4.90. The van der Waals surface area contributed by atoms with E-state index < -0.39 is 0 Å². The lowest BCUT2D eigenvalue weighted by molar-refractivity contribution is 0.606. The SMILES string of the molecule is CSC1CCCSC1(c1ccccc1)c1ccccc1. The molecular weight excluding hydrogens is 280 g/mol. The minimum absolute atomic E-state index is 0.111. The molecule has 3 rings (SSSR count). The first kappa shape index (κ1) is 14.1. The summed E-state index contributed by atoms with van der Waals surface area (Å²) in [5, 5.41) is 0.644. The fourth-order valence-electron chi connectivity index (χ4n) is 3.16. The molecule has 104 valence electrons. The van der Waals surface area contributed by atoms with Crippen LogP contribution in [0, 0.1) is 0 Å². The molecule has 0 bridgehead atoms. The lowest BCUT2D eigenvalue weighted by Crippen LogP contribution is -2.38. The van der Waals surface area contributed by atoms with Crippen molar-refractivity contribution >= 4 is 23.5 Å². The molecule has 0 spiro atoms. The first-order valence-electron chi connectivity index (χ1n) is 7.16. The summed E-state index contributed by atoms with van der Waals surface area (Å²) < 4.78 is 0.111. The van der Waals surface area contributed by atoms with Crippen molar-refractivity contribution < 1.29 is 0 Å². The monoisotopic (exact) mass is 300 g/mol. The molecule has 1 unspecified atom stereocenters. The van der Waals surface area contributed by atoms with Crippen LogP contribution in [0.4, 0.5) is 0 Å². The highest BCUT2D eigenvalue weighted by molar-refractivity contribution is 8.04. The molecule has 0 amide bonds. The van der Waals surface area contributed by atoms with Gasteiger partial charge >= 0.3 is 0 Å². The number of hydrogen-bond donors (Lipinski definition) is 0. The predicted octanol–water partition coefficient (Wildman–Crippen LogP) is 5.19. The second-order valence-corrected chi connectivity index (χ2v) is 7.56. The van der Waals surface area contributed by atoms with E-state index in [1.165, 1.54) is 29.7 Å². The second kappa shape index (κ2) is 6.28. The van der Waals surface area contributed by atoms with Gasteiger partial charge in [0.2, 0.25) is 0 Å². The standard InChI is InChI=1S/C18H20S2/c1-19-17-13-8-14-20-18(17,15-9-4-2-5-10-15)16-11-6-3-7-12-16/h2-7,9-12,17H,8,13-14H2,1H3. The van der Waals surface area contributed by atoms with Gasteiger partial charge in [0, 0.05) is 5.25 Å². The fourth-order valence-corrected chi connectivity index (χ4v) is 6.20. The third kappa shape index (κ3) is 2.40. The highest BCUT2D eigenvalue weighted by atomic mass is 32.2. The van der Waals surface area contributed by atoms with Crippen molar-refractivity contribution in [2.24, 2.45) is 0 Å². The van der Waals surface area contributed by atoms with Crippen molar-refractivity contribution in [1.82, 2.24) is 0 Å². The van der Waals surface area contributed by atoms with Gasteiger partial charge in [-0.05, 0) is 36.0 Å². The molecule has 1 saturated heterocycles. The summed E-state index contributed by atoms with van der Waals surface area (Å²) in [4.78, 5) is 0. The molecule has 20 heavy (non-hydrogen) atoms. The molecule has 1 aliphatic heterocycles. The third-order valence-electron chi connectivity index (χ3n) is 4.08. The molecule has 0 aliphatic carbocycles. The summed E-state index contributed by atoms with van der Waals surface area (Å²) in [5.74, 6) is 1.25.